The highest BCUT2D eigenvalue weighted by atomic mass is 32.2. The lowest BCUT2D eigenvalue weighted by atomic mass is 10.1. The number of aromatic nitrogens is 2. The van der Waals surface area contributed by atoms with E-state index in [-0.39, 0.29) is 18.1 Å². The summed E-state index contributed by atoms with van der Waals surface area (Å²) in [6.07, 6.45) is 4.06. The van der Waals surface area contributed by atoms with Gasteiger partial charge in [0.2, 0.25) is 0 Å². The maximum Gasteiger partial charge on any atom is 0.320 e. The fraction of sp³-hybridized carbons (Fsp3) is 0.400. The molecule has 0 aliphatic carbocycles. The van der Waals surface area contributed by atoms with Crippen LogP contribution >= 0.6 is 11.3 Å². The number of hydrogen-bond donors (Lipinski definition) is 0. The van der Waals surface area contributed by atoms with Crippen LogP contribution in [-0.4, -0.2) is 65.6 Å². The summed E-state index contributed by atoms with van der Waals surface area (Å²) in [6, 6.07) is 11.0. The Hall–Kier alpha value is -2.78. The summed E-state index contributed by atoms with van der Waals surface area (Å²) in [5, 5.41) is 0.934. The highest BCUT2D eigenvalue weighted by Crippen LogP contribution is 2.31. The summed E-state index contributed by atoms with van der Waals surface area (Å²) in [7, 11) is -3.23. The largest absolute Gasteiger partial charge is 0.321 e. The Balaban J connectivity index is 1.53. The standard InChI is InChI=1S/C25H30N4O3S2/c1-16(2)29(17(3)4)25(30)28-14-12-19(13-15-28)23-27-22-11-10-21(26-24(22)33-23)18-6-8-20(9-7-18)34(5,31)32/h6-12,16-17H,13-15H2,1-5H3. The number of hydrogen-bond acceptors (Lipinski definition) is 6. The van der Waals surface area contributed by atoms with E-state index in [0.29, 0.717) is 18.0 Å². The van der Waals surface area contributed by atoms with Gasteiger partial charge in [-0.05, 0) is 64.0 Å². The zero-order chi connectivity index (χ0) is 24.6. The van der Waals surface area contributed by atoms with Crippen molar-refractivity contribution in [1.82, 2.24) is 19.8 Å². The molecule has 0 saturated heterocycles. The Morgan fingerprint density at radius 3 is 2.26 bits per heavy atom. The number of urea groups is 1. The molecule has 0 atom stereocenters. The maximum atomic E-state index is 13.0. The van der Waals surface area contributed by atoms with Crippen LogP contribution in [0, 0.1) is 0 Å². The molecule has 0 bridgehead atoms. The number of carbonyl (C=O) groups excluding carboxylic acids is 1. The molecule has 0 radical (unpaired) electrons. The second-order valence-electron chi connectivity index (χ2n) is 9.14. The number of nitrogens with zero attached hydrogens (tertiary/aromatic N) is 4. The summed E-state index contributed by atoms with van der Waals surface area (Å²) in [5.41, 5.74) is 3.61. The molecule has 0 unspecified atom stereocenters. The van der Waals surface area contributed by atoms with Crippen LogP contribution in [0.15, 0.2) is 47.4 Å². The van der Waals surface area contributed by atoms with Crippen molar-refractivity contribution in [3.05, 3.63) is 47.5 Å². The molecule has 3 heterocycles. The van der Waals surface area contributed by atoms with Crippen molar-refractivity contribution in [3.63, 3.8) is 0 Å². The van der Waals surface area contributed by atoms with Crippen LogP contribution in [0.4, 0.5) is 4.79 Å². The van der Waals surface area contributed by atoms with Crippen LogP contribution in [-0.2, 0) is 9.84 Å². The van der Waals surface area contributed by atoms with E-state index in [0.717, 1.165) is 38.6 Å². The summed E-state index contributed by atoms with van der Waals surface area (Å²) >= 11 is 1.55. The normalized spacial score (nSPS) is 14.7. The van der Waals surface area contributed by atoms with E-state index in [1.165, 1.54) is 6.26 Å². The first-order valence-corrected chi connectivity index (χ1v) is 14.1. The molecule has 0 fully saturated rings. The van der Waals surface area contributed by atoms with Gasteiger partial charge in [-0.3, -0.25) is 0 Å². The molecule has 1 aliphatic rings. The Kier molecular flexibility index (Phi) is 6.78. The molecule has 2 aromatic heterocycles. The molecule has 34 heavy (non-hydrogen) atoms. The van der Waals surface area contributed by atoms with Gasteiger partial charge in [0.05, 0.1) is 10.6 Å². The smallest absolute Gasteiger partial charge is 0.320 e. The van der Waals surface area contributed by atoms with Crippen LogP contribution < -0.4 is 0 Å². The average molecular weight is 499 g/mol. The topological polar surface area (TPSA) is 83.5 Å². The molecular formula is C25H30N4O3S2. The van der Waals surface area contributed by atoms with Crippen molar-refractivity contribution in [2.75, 3.05) is 19.3 Å². The second kappa shape index (κ2) is 9.46. The SMILES string of the molecule is CC(C)N(C(=O)N1CC=C(c2nc3ccc(-c4ccc(S(C)(=O)=O)cc4)nc3s2)CC1)C(C)C. The van der Waals surface area contributed by atoms with Gasteiger partial charge in [0.15, 0.2) is 9.84 Å². The summed E-state index contributed by atoms with van der Waals surface area (Å²) in [4.78, 5) is 27.5. The van der Waals surface area contributed by atoms with Crippen LogP contribution in [0.3, 0.4) is 0 Å². The van der Waals surface area contributed by atoms with E-state index >= 15 is 0 Å². The minimum absolute atomic E-state index is 0.0813. The molecule has 0 spiro atoms. The number of rotatable bonds is 5. The molecule has 3 aromatic rings. The lowest BCUT2D eigenvalue weighted by molar-refractivity contribution is 0.128. The van der Waals surface area contributed by atoms with E-state index < -0.39 is 9.84 Å². The van der Waals surface area contributed by atoms with Gasteiger partial charge >= 0.3 is 6.03 Å². The Labute approximate surface area is 205 Å². The number of thiazole rings is 1. The molecular weight excluding hydrogens is 468 g/mol. The lowest BCUT2D eigenvalue weighted by Gasteiger charge is -2.37. The first kappa shape index (κ1) is 24.3. The van der Waals surface area contributed by atoms with Gasteiger partial charge in [0, 0.05) is 37.0 Å². The number of pyridine rings is 1. The zero-order valence-corrected chi connectivity index (χ0v) is 21.8. The van der Waals surface area contributed by atoms with Gasteiger partial charge in [-0.1, -0.05) is 29.5 Å². The second-order valence-corrected chi connectivity index (χ2v) is 12.1. The van der Waals surface area contributed by atoms with Crippen molar-refractivity contribution in [2.45, 2.75) is 51.1 Å². The molecule has 9 heteroatoms. The predicted octanol–water partition coefficient (Wildman–Crippen LogP) is 5.09. The third-order valence-corrected chi connectivity index (χ3v) is 8.09. The Morgan fingerprint density at radius 2 is 1.71 bits per heavy atom. The van der Waals surface area contributed by atoms with Gasteiger partial charge < -0.3 is 9.80 Å². The highest BCUT2D eigenvalue weighted by Gasteiger charge is 2.27. The van der Waals surface area contributed by atoms with Gasteiger partial charge in [-0.15, -0.1) is 0 Å². The molecule has 2 amide bonds. The fourth-order valence-electron chi connectivity index (χ4n) is 4.23. The van der Waals surface area contributed by atoms with Crippen LogP contribution in [0.5, 0.6) is 0 Å². The number of sulfone groups is 1. The fourth-order valence-corrected chi connectivity index (χ4v) is 5.86. The first-order chi connectivity index (χ1) is 16.0. The zero-order valence-electron chi connectivity index (χ0n) is 20.1. The van der Waals surface area contributed by atoms with E-state index in [2.05, 4.69) is 6.08 Å². The van der Waals surface area contributed by atoms with Gasteiger partial charge in [-0.25, -0.2) is 23.2 Å². The summed E-state index contributed by atoms with van der Waals surface area (Å²) in [6.45, 7) is 9.43. The lowest BCUT2D eigenvalue weighted by Crippen LogP contribution is -2.50. The van der Waals surface area contributed by atoms with E-state index in [9.17, 15) is 13.2 Å². The van der Waals surface area contributed by atoms with Crippen LogP contribution in [0.25, 0.3) is 27.2 Å². The monoisotopic (exact) mass is 498 g/mol. The van der Waals surface area contributed by atoms with Gasteiger partial charge in [0.25, 0.3) is 0 Å². The Bertz CT molecular complexity index is 1330. The Morgan fingerprint density at radius 1 is 1.03 bits per heavy atom. The molecule has 1 aromatic carbocycles. The molecule has 4 rings (SSSR count). The average Bonchev–Trinajstić information content (AvgIpc) is 3.21. The van der Waals surface area contributed by atoms with Crippen molar-refractivity contribution >= 4 is 43.1 Å². The van der Waals surface area contributed by atoms with Gasteiger partial charge in [0.1, 0.15) is 15.4 Å². The summed E-state index contributed by atoms with van der Waals surface area (Å²) < 4.78 is 23.4. The minimum atomic E-state index is -3.23. The minimum Gasteiger partial charge on any atom is -0.321 e. The third kappa shape index (κ3) is 5.00. The van der Waals surface area contributed by atoms with Crippen molar-refractivity contribution < 1.29 is 13.2 Å². The first-order valence-electron chi connectivity index (χ1n) is 11.4. The molecule has 1 aliphatic heterocycles. The predicted molar refractivity (Wildman–Crippen MR) is 138 cm³/mol. The molecule has 7 nitrogen and oxygen atoms in total. The molecule has 0 saturated carbocycles. The molecule has 0 N–H and O–H groups in total. The van der Waals surface area contributed by atoms with Crippen LogP contribution in [0.1, 0.15) is 39.1 Å². The van der Waals surface area contributed by atoms with Crippen molar-refractivity contribution in [1.29, 1.82) is 0 Å². The quantitative estimate of drug-likeness (QED) is 0.489. The molecule has 180 valence electrons. The van der Waals surface area contributed by atoms with E-state index in [1.54, 1.807) is 35.6 Å². The number of amides is 2. The number of carbonyl (C=O) groups is 1. The highest BCUT2D eigenvalue weighted by molar-refractivity contribution is 7.90. The van der Waals surface area contributed by atoms with Crippen molar-refractivity contribution in [2.24, 2.45) is 0 Å². The van der Waals surface area contributed by atoms with Crippen LogP contribution in [0.2, 0.25) is 0 Å². The van der Waals surface area contributed by atoms with E-state index in [1.807, 2.05) is 49.6 Å². The third-order valence-electron chi connectivity index (χ3n) is 5.92. The maximum absolute atomic E-state index is 13.0. The van der Waals surface area contributed by atoms with Crippen molar-refractivity contribution in [3.8, 4) is 11.3 Å². The van der Waals surface area contributed by atoms with E-state index in [4.69, 9.17) is 9.97 Å². The summed E-state index contributed by atoms with van der Waals surface area (Å²) in [5.74, 6) is 0. The van der Waals surface area contributed by atoms with Gasteiger partial charge in [-0.2, -0.15) is 0 Å². The number of fused-ring (bicyclic) bond motifs is 1. The number of benzene rings is 1.